The minimum atomic E-state index is 0.461. The van der Waals surface area contributed by atoms with Gasteiger partial charge in [0.2, 0.25) is 0 Å². The highest BCUT2D eigenvalue weighted by Crippen LogP contribution is 2.26. The van der Waals surface area contributed by atoms with E-state index in [9.17, 15) is 0 Å². The third-order valence-electron chi connectivity index (χ3n) is 5.59. The number of nitrogens with one attached hydrogen (secondary N) is 2. The van der Waals surface area contributed by atoms with Crippen LogP contribution in [0.15, 0.2) is 0 Å². The van der Waals surface area contributed by atoms with Crippen LogP contribution in [0.4, 0.5) is 5.82 Å². The van der Waals surface area contributed by atoms with E-state index in [0.29, 0.717) is 24.1 Å². The predicted octanol–water partition coefficient (Wildman–Crippen LogP) is 2.75. The van der Waals surface area contributed by atoms with Crippen LogP contribution in [0, 0.1) is 13.8 Å². The summed E-state index contributed by atoms with van der Waals surface area (Å²) in [6.45, 7) is 17.3. The molecule has 8 nitrogen and oxygen atoms in total. The molecule has 9 heteroatoms. The maximum absolute atomic E-state index is 6.16. The van der Waals surface area contributed by atoms with E-state index in [1.165, 1.54) is 0 Å². The van der Waals surface area contributed by atoms with Gasteiger partial charge in [0, 0.05) is 31.9 Å². The maximum atomic E-state index is 6.16. The van der Waals surface area contributed by atoms with Crippen LogP contribution in [0.1, 0.15) is 50.7 Å². The molecule has 0 saturated carbocycles. The summed E-state index contributed by atoms with van der Waals surface area (Å²) in [5, 5.41) is 7.33. The molecular formula is C22H39N7OS. The van der Waals surface area contributed by atoms with Gasteiger partial charge in [0.1, 0.15) is 17.9 Å². The number of aromatic nitrogens is 3. The lowest BCUT2D eigenvalue weighted by Crippen LogP contribution is -2.37. The standard InChI is InChI=1S/C22H39N7OS/c1-6-28(7-2)13-9-11-24-22(31)25-12-10-14-29-18(15-30-8-3)27-19-20(29)16(4)17(5)26-21(19)23/h6-15H2,1-5H3,(H2,23,26)(H2,24,25,31). The summed E-state index contributed by atoms with van der Waals surface area (Å²) in [6, 6.07) is 0. The lowest BCUT2D eigenvalue weighted by atomic mass is 10.2. The molecule has 0 aliphatic rings. The molecule has 0 bridgehead atoms. The van der Waals surface area contributed by atoms with Crippen LogP contribution in [0.3, 0.4) is 0 Å². The van der Waals surface area contributed by atoms with Crippen LogP contribution >= 0.6 is 12.2 Å². The molecule has 0 amide bonds. The number of nitrogens with zero attached hydrogens (tertiary/aromatic N) is 4. The predicted molar refractivity (Wildman–Crippen MR) is 132 cm³/mol. The molecule has 4 N–H and O–H groups in total. The van der Waals surface area contributed by atoms with Crippen LogP contribution < -0.4 is 16.4 Å². The van der Waals surface area contributed by atoms with E-state index in [0.717, 1.165) is 80.2 Å². The van der Waals surface area contributed by atoms with Crippen molar-refractivity contribution in [1.82, 2.24) is 30.1 Å². The molecule has 0 saturated heterocycles. The fraction of sp³-hybridized carbons (Fsp3) is 0.682. The Bertz CT molecular complexity index is 848. The fourth-order valence-corrected chi connectivity index (χ4v) is 3.84. The Morgan fingerprint density at radius 2 is 1.77 bits per heavy atom. The number of anilines is 1. The Morgan fingerprint density at radius 1 is 1.10 bits per heavy atom. The minimum Gasteiger partial charge on any atom is -0.382 e. The van der Waals surface area contributed by atoms with Crippen molar-refractivity contribution in [3.8, 4) is 0 Å². The molecule has 0 aromatic carbocycles. The molecule has 2 aromatic heterocycles. The van der Waals surface area contributed by atoms with Crippen molar-refractivity contribution < 1.29 is 4.74 Å². The highest BCUT2D eigenvalue weighted by molar-refractivity contribution is 7.80. The van der Waals surface area contributed by atoms with Gasteiger partial charge in [0.25, 0.3) is 0 Å². The van der Waals surface area contributed by atoms with Gasteiger partial charge in [0.15, 0.2) is 10.9 Å². The largest absolute Gasteiger partial charge is 0.382 e. The number of nitrogen functional groups attached to an aromatic ring is 1. The van der Waals surface area contributed by atoms with Crippen LogP contribution in [0.25, 0.3) is 11.0 Å². The number of pyridine rings is 1. The second kappa shape index (κ2) is 12.8. The van der Waals surface area contributed by atoms with E-state index in [1.54, 1.807) is 0 Å². The first-order valence-electron chi connectivity index (χ1n) is 11.4. The number of imidazole rings is 1. The van der Waals surface area contributed by atoms with Crippen molar-refractivity contribution >= 4 is 34.2 Å². The Labute approximate surface area is 191 Å². The third-order valence-corrected chi connectivity index (χ3v) is 5.87. The molecule has 0 spiro atoms. The van der Waals surface area contributed by atoms with E-state index >= 15 is 0 Å². The average molecular weight is 450 g/mol. The summed E-state index contributed by atoms with van der Waals surface area (Å²) in [7, 11) is 0. The number of ether oxygens (including phenoxy) is 1. The van der Waals surface area contributed by atoms with Gasteiger partial charge in [-0.2, -0.15) is 0 Å². The summed E-state index contributed by atoms with van der Waals surface area (Å²) < 4.78 is 7.85. The zero-order chi connectivity index (χ0) is 22.8. The Hall–Kier alpha value is -1.97. The molecule has 0 atom stereocenters. The third kappa shape index (κ3) is 7.02. The second-order valence-electron chi connectivity index (χ2n) is 7.64. The number of nitrogens with two attached hydrogens (primary N) is 1. The van der Waals surface area contributed by atoms with Gasteiger partial charge in [-0.05, 0) is 71.0 Å². The zero-order valence-corrected chi connectivity index (χ0v) is 20.6. The Kier molecular flexibility index (Phi) is 10.4. The fourth-order valence-electron chi connectivity index (χ4n) is 3.64. The number of aryl methyl sites for hydroxylation is 3. The number of thiocarbonyl (C=S) groups is 1. The highest BCUT2D eigenvalue weighted by Gasteiger charge is 2.17. The average Bonchev–Trinajstić information content (AvgIpc) is 3.12. The molecule has 0 aliphatic carbocycles. The molecule has 0 fully saturated rings. The van der Waals surface area contributed by atoms with Crippen molar-refractivity contribution in [2.24, 2.45) is 0 Å². The molecule has 174 valence electrons. The van der Waals surface area contributed by atoms with E-state index in [4.69, 9.17) is 27.7 Å². The van der Waals surface area contributed by atoms with E-state index < -0.39 is 0 Å². The quantitative estimate of drug-likeness (QED) is 0.318. The summed E-state index contributed by atoms with van der Waals surface area (Å²) >= 11 is 5.42. The highest BCUT2D eigenvalue weighted by atomic mass is 32.1. The van der Waals surface area contributed by atoms with Crippen LogP contribution in [-0.2, 0) is 17.9 Å². The first-order valence-corrected chi connectivity index (χ1v) is 11.8. The summed E-state index contributed by atoms with van der Waals surface area (Å²) in [5.74, 6) is 1.36. The van der Waals surface area contributed by atoms with Crippen molar-refractivity contribution in [3.63, 3.8) is 0 Å². The van der Waals surface area contributed by atoms with Crippen LogP contribution in [0.5, 0.6) is 0 Å². The SMILES string of the molecule is CCOCc1nc2c(N)nc(C)c(C)c2n1CCCNC(=S)NCCCN(CC)CC. The lowest BCUT2D eigenvalue weighted by Gasteiger charge is -2.18. The summed E-state index contributed by atoms with van der Waals surface area (Å²) in [5.41, 5.74) is 10.0. The Balaban J connectivity index is 1.91. The van der Waals surface area contributed by atoms with Crippen molar-refractivity contribution in [2.45, 2.75) is 60.6 Å². The molecule has 2 rings (SSSR count). The van der Waals surface area contributed by atoms with Gasteiger partial charge in [-0.25, -0.2) is 9.97 Å². The van der Waals surface area contributed by atoms with Gasteiger partial charge >= 0.3 is 0 Å². The van der Waals surface area contributed by atoms with E-state index in [-0.39, 0.29) is 0 Å². The normalized spacial score (nSPS) is 11.4. The molecular weight excluding hydrogens is 410 g/mol. The van der Waals surface area contributed by atoms with Crippen molar-refractivity contribution in [2.75, 3.05) is 45.1 Å². The van der Waals surface area contributed by atoms with Gasteiger partial charge in [-0.1, -0.05) is 13.8 Å². The van der Waals surface area contributed by atoms with Gasteiger partial charge in [-0.15, -0.1) is 0 Å². The number of rotatable bonds is 13. The Morgan fingerprint density at radius 3 is 2.42 bits per heavy atom. The maximum Gasteiger partial charge on any atom is 0.166 e. The number of fused-ring (bicyclic) bond motifs is 1. The van der Waals surface area contributed by atoms with Gasteiger partial charge in [-0.3, -0.25) is 0 Å². The van der Waals surface area contributed by atoms with Crippen LogP contribution in [-0.4, -0.2) is 63.9 Å². The van der Waals surface area contributed by atoms with E-state index in [1.807, 2.05) is 13.8 Å². The second-order valence-corrected chi connectivity index (χ2v) is 8.05. The minimum absolute atomic E-state index is 0.461. The van der Waals surface area contributed by atoms with Crippen molar-refractivity contribution in [1.29, 1.82) is 0 Å². The number of hydrogen-bond donors (Lipinski definition) is 3. The molecule has 0 radical (unpaired) electrons. The van der Waals surface area contributed by atoms with Crippen molar-refractivity contribution in [3.05, 3.63) is 17.1 Å². The first kappa shape index (κ1) is 25.3. The smallest absolute Gasteiger partial charge is 0.166 e. The van der Waals surface area contributed by atoms with E-state index in [2.05, 4.69) is 45.9 Å². The lowest BCUT2D eigenvalue weighted by molar-refractivity contribution is 0.126. The zero-order valence-electron chi connectivity index (χ0n) is 19.8. The molecule has 2 heterocycles. The van der Waals surface area contributed by atoms with Crippen LogP contribution in [0.2, 0.25) is 0 Å². The van der Waals surface area contributed by atoms with Gasteiger partial charge < -0.3 is 30.6 Å². The number of hydrogen-bond acceptors (Lipinski definition) is 6. The molecule has 2 aromatic rings. The first-order chi connectivity index (χ1) is 14.9. The summed E-state index contributed by atoms with van der Waals surface area (Å²) in [4.78, 5) is 11.6. The molecule has 31 heavy (non-hydrogen) atoms. The van der Waals surface area contributed by atoms with Gasteiger partial charge in [0.05, 0.1) is 5.52 Å². The summed E-state index contributed by atoms with van der Waals surface area (Å²) in [6.07, 6.45) is 1.99. The molecule has 0 aliphatic heterocycles. The molecule has 0 unspecified atom stereocenters. The topological polar surface area (TPSA) is 93.3 Å². The monoisotopic (exact) mass is 449 g/mol.